The van der Waals surface area contributed by atoms with Gasteiger partial charge in [0.2, 0.25) is 17.7 Å². The fourth-order valence-corrected chi connectivity index (χ4v) is 8.06. The quantitative estimate of drug-likeness (QED) is 0.147. The van der Waals surface area contributed by atoms with E-state index < -0.39 is 29.2 Å². The molecule has 60 heavy (non-hydrogen) atoms. The predicted octanol–water partition coefficient (Wildman–Crippen LogP) is 4.71. The molecule has 16 heteroatoms. The lowest BCUT2D eigenvalue weighted by molar-refractivity contribution is -0.147. The molecule has 2 aliphatic rings. The number of hydrogen-bond donors (Lipinski definition) is 4. The van der Waals surface area contributed by atoms with Crippen LogP contribution >= 0.6 is 11.3 Å². The van der Waals surface area contributed by atoms with Crippen LogP contribution < -0.4 is 20.9 Å². The van der Waals surface area contributed by atoms with Gasteiger partial charge in [-0.1, -0.05) is 30.7 Å². The number of β-amino-alcohol motifs (C(OH)–C–C–N with tert-alkyl or cyclic N) is 1. The average molecular weight is 847 g/mol. The number of aliphatic hydroxyl groups excluding tert-OH is 1. The second-order valence-corrected chi connectivity index (χ2v) is 18.2. The Morgan fingerprint density at radius 2 is 1.63 bits per heavy atom. The molecule has 3 aromatic rings. The van der Waals surface area contributed by atoms with E-state index in [1.165, 1.54) is 4.90 Å². The average Bonchev–Trinajstić information content (AvgIpc) is 3.83. The minimum absolute atomic E-state index is 0.0493. The van der Waals surface area contributed by atoms with Crippen LogP contribution in [0.25, 0.3) is 10.4 Å². The van der Waals surface area contributed by atoms with Gasteiger partial charge in [-0.3, -0.25) is 19.2 Å². The molecule has 0 aliphatic carbocycles. The zero-order chi connectivity index (χ0) is 43.6. The number of benzene rings is 1. The van der Waals surface area contributed by atoms with Crippen molar-refractivity contribution in [2.45, 2.75) is 111 Å². The Labute approximate surface area is 357 Å². The molecule has 0 unspecified atom stereocenters. The minimum atomic E-state index is -1.04. The number of pyridine rings is 1. The van der Waals surface area contributed by atoms with Gasteiger partial charge in [-0.25, -0.2) is 14.8 Å². The Hall–Kier alpha value is -5.09. The van der Waals surface area contributed by atoms with Crippen LogP contribution in [0.3, 0.4) is 0 Å². The number of nitrogens with zero attached hydrogens (tertiary/aromatic N) is 5. The minimum Gasteiger partial charge on any atom is -0.444 e. The van der Waals surface area contributed by atoms with Gasteiger partial charge in [-0.15, -0.1) is 11.3 Å². The maximum absolute atomic E-state index is 13.9. The molecule has 4 heterocycles. The SMILES string of the molecule is Cc1ncsc1-c1ccc(CCNC(=O)[C@@H]2C[C@@H](O)CN2C(=O)C(C)(C)[C@H](C)NC(=O)CCCCCNC(=O)c2ccc(N3CCN(C(=O)OC(C)(C)C)CC3)cn2)cc1. The van der Waals surface area contributed by atoms with Crippen LogP contribution in [0.1, 0.15) is 95.4 Å². The summed E-state index contributed by atoms with van der Waals surface area (Å²) in [4.78, 5) is 80.3. The van der Waals surface area contributed by atoms with Gasteiger partial charge >= 0.3 is 6.09 Å². The van der Waals surface area contributed by atoms with Crippen molar-refractivity contribution in [2.24, 2.45) is 5.41 Å². The van der Waals surface area contributed by atoms with Crippen molar-refractivity contribution in [1.29, 1.82) is 0 Å². The first kappa shape index (κ1) is 46.0. The third kappa shape index (κ3) is 12.5. The first-order valence-corrected chi connectivity index (χ1v) is 21.8. The molecule has 2 fully saturated rings. The lowest BCUT2D eigenvalue weighted by Gasteiger charge is -2.36. The number of aliphatic hydroxyl groups is 1. The van der Waals surface area contributed by atoms with E-state index in [4.69, 9.17) is 4.74 Å². The number of nitrogens with one attached hydrogen (secondary N) is 3. The molecular formula is C44H62N8O7S. The third-order valence-corrected chi connectivity index (χ3v) is 12.1. The van der Waals surface area contributed by atoms with Crippen LogP contribution in [0.15, 0.2) is 48.1 Å². The van der Waals surface area contributed by atoms with Crippen LogP contribution in [0, 0.1) is 12.3 Å². The summed E-state index contributed by atoms with van der Waals surface area (Å²) in [5.74, 6) is -1.07. The summed E-state index contributed by atoms with van der Waals surface area (Å²) in [6, 6.07) is 10.4. The third-order valence-electron chi connectivity index (χ3n) is 11.2. The Morgan fingerprint density at radius 1 is 0.917 bits per heavy atom. The number of thiazole rings is 1. The first-order chi connectivity index (χ1) is 28.4. The zero-order valence-corrected chi connectivity index (χ0v) is 36.9. The molecule has 1 aromatic carbocycles. The lowest BCUT2D eigenvalue weighted by Crippen LogP contribution is -2.55. The fraction of sp³-hybridized carbons (Fsp3) is 0.568. The first-order valence-electron chi connectivity index (χ1n) is 21.0. The van der Waals surface area contributed by atoms with Crippen LogP contribution in [-0.2, 0) is 25.5 Å². The van der Waals surface area contributed by atoms with E-state index in [9.17, 15) is 29.1 Å². The number of ether oxygens (including phenoxy) is 1. The topological polar surface area (TPSA) is 186 Å². The summed E-state index contributed by atoms with van der Waals surface area (Å²) in [6.07, 6.45) is 3.57. The molecule has 0 radical (unpaired) electrons. The van der Waals surface area contributed by atoms with Crippen LogP contribution in [-0.4, -0.2) is 124 Å². The number of unbranched alkanes of at least 4 members (excludes halogenated alkanes) is 2. The van der Waals surface area contributed by atoms with Crippen molar-refractivity contribution in [2.75, 3.05) is 50.7 Å². The van der Waals surface area contributed by atoms with Gasteiger partial charge in [-0.2, -0.15) is 0 Å². The van der Waals surface area contributed by atoms with E-state index in [1.807, 2.05) is 51.4 Å². The summed E-state index contributed by atoms with van der Waals surface area (Å²) in [5, 5.41) is 19.3. The van der Waals surface area contributed by atoms with Crippen molar-refractivity contribution in [3.63, 3.8) is 0 Å². The standard InChI is InChI=1S/C44H62N8O7S/c1-29-38(60-28-48-29)32-14-12-31(13-15-32)18-20-46-40(56)36-25-34(53)27-52(36)41(57)44(6,7)30(2)49-37(54)11-9-8-10-19-45-39(55)35-17-16-33(26-47-35)50-21-23-51(24-22-50)42(58)59-43(3,4)5/h12-17,26,28,30,34,36,53H,8-11,18-25,27H2,1-7H3,(H,45,55)(H,46,56)(H,49,54)/t30-,34+,36-/m0/s1. The number of carbonyl (C=O) groups excluding carboxylic acids is 5. The van der Waals surface area contributed by atoms with E-state index in [1.54, 1.807) is 49.3 Å². The highest BCUT2D eigenvalue weighted by Gasteiger charge is 2.46. The number of hydrogen-bond acceptors (Lipinski definition) is 11. The number of aryl methyl sites for hydroxylation is 1. The summed E-state index contributed by atoms with van der Waals surface area (Å²) in [5.41, 5.74) is 4.61. The van der Waals surface area contributed by atoms with Crippen molar-refractivity contribution in [3.05, 3.63) is 65.1 Å². The highest BCUT2D eigenvalue weighted by molar-refractivity contribution is 7.13. The molecule has 15 nitrogen and oxygen atoms in total. The van der Waals surface area contributed by atoms with Gasteiger partial charge in [-0.05, 0) is 91.0 Å². The van der Waals surface area contributed by atoms with Crippen LogP contribution in [0.5, 0.6) is 0 Å². The second-order valence-electron chi connectivity index (χ2n) is 17.3. The smallest absolute Gasteiger partial charge is 0.410 e. The van der Waals surface area contributed by atoms with E-state index in [-0.39, 0.29) is 49.1 Å². The molecule has 5 amide bonds. The van der Waals surface area contributed by atoms with E-state index >= 15 is 0 Å². The monoisotopic (exact) mass is 846 g/mol. The molecule has 326 valence electrons. The fourth-order valence-electron chi connectivity index (χ4n) is 7.25. The van der Waals surface area contributed by atoms with Crippen molar-refractivity contribution >= 4 is 46.7 Å². The number of amides is 5. The molecule has 3 atom stereocenters. The summed E-state index contributed by atoms with van der Waals surface area (Å²) in [6.45, 7) is 16.0. The molecule has 0 spiro atoms. The highest BCUT2D eigenvalue weighted by atomic mass is 32.1. The maximum Gasteiger partial charge on any atom is 0.410 e. The van der Waals surface area contributed by atoms with Crippen molar-refractivity contribution < 1.29 is 33.8 Å². The Balaban J connectivity index is 0.973. The molecule has 5 rings (SSSR count). The molecule has 2 saturated heterocycles. The van der Waals surface area contributed by atoms with Gasteiger partial charge in [0.05, 0.1) is 39.5 Å². The van der Waals surface area contributed by atoms with Crippen molar-refractivity contribution in [3.8, 4) is 10.4 Å². The molecule has 0 bridgehead atoms. The number of aromatic nitrogens is 2. The maximum atomic E-state index is 13.9. The Bertz CT molecular complexity index is 1940. The van der Waals surface area contributed by atoms with Crippen LogP contribution in [0.4, 0.5) is 10.5 Å². The summed E-state index contributed by atoms with van der Waals surface area (Å²) >= 11 is 1.60. The van der Waals surface area contributed by atoms with E-state index in [0.29, 0.717) is 70.6 Å². The Morgan fingerprint density at radius 3 is 2.27 bits per heavy atom. The zero-order valence-electron chi connectivity index (χ0n) is 36.1. The number of piperazine rings is 1. The summed E-state index contributed by atoms with van der Waals surface area (Å²) in [7, 11) is 0. The molecule has 2 aliphatic heterocycles. The molecule has 0 saturated carbocycles. The molecule has 4 N–H and O–H groups in total. The molecule has 2 aromatic heterocycles. The lowest BCUT2D eigenvalue weighted by atomic mass is 9.83. The van der Waals surface area contributed by atoms with Gasteiger partial charge in [0.1, 0.15) is 17.3 Å². The number of anilines is 1. The van der Waals surface area contributed by atoms with E-state index in [0.717, 1.165) is 27.4 Å². The van der Waals surface area contributed by atoms with Gasteiger partial charge in [0.25, 0.3) is 5.91 Å². The Kier molecular flexibility index (Phi) is 15.7. The van der Waals surface area contributed by atoms with Gasteiger partial charge in [0, 0.05) is 64.7 Å². The number of rotatable bonds is 16. The van der Waals surface area contributed by atoms with Gasteiger partial charge < -0.3 is 40.5 Å². The highest BCUT2D eigenvalue weighted by Crippen LogP contribution is 2.30. The normalized spacial score (nSPS) is 17.6. The number of likely N-dealkylation sites (tertiary alicyclic amines) is 1. The summed E-state index contributed by atoms with van der Waals surface area (Å²) < 4.78 is 5.47. The molecular weight excluding hydrogens is 785 g/mol. The van der Waals surface area contributed by atoms with Gasteiger partial charge in [0.15, 0.2) is 0 Å². The van der Waals surface area contributed by atoms with Crippen molar-refractivity contribution in [1.82, 2.24) is 35.7 Å². The second kappa shape index (κ2) is 20.4. The largest absolute Gasteiger partial charge is 0.444 e. The number of carbonyl (C=O) groups is 5. The van der Waals surface area contributed by atoms with E-state index in [2.05, 4.69) is 43.0 Å². The van der Waals surface area contributed by atoms with Crippen LogP contribution in [0.2, 0.25) is 0 Å². The predicted molar refractivity (Wildman–Crippen MR) is 232 cm³/mol.